The number of benzene rings is 2. The van der Waals surface area contributed by atoms with Crippen molar-refractivity contribution in [1.29, 1.82) is 0 Å². The second-order valence-corrected chi connectivity index (χ2v) is 4.94. The average Bonchev–Trinajstić information content (AvgIpc) is 2.63. The van der Waals surface area contributed by atoms with Crippen LogP contribution in [0.5, 0.6) is 5.75 Å². The molecular weight excluding hydrogens is 304 g/mol. The highest BCUT2D eigenvalue weighted by molar-refractivity contribution is 6.04. The molecule has 3 aromatic rings. The summed E-state index contributed by atoms with van der Waals surface area (Å²) in [6.07, 6.45) is 2.95. The van der Waals surface area contributed by atoms with E-state index in [0.717, 1.165) is 5.69 Å². The minimum Gasteiger partial charge on any atom is -0.495 e. The van der Waals surface area contributed by atoms with Crippen LogP contribution in [0.15, 0.2) is 67.0 Å². The van der Waals surface area contributed by atoms with Crippen molar-refractivity contribution in [1.82, 2.24) is 9.97 Å². The van der Waals surface area contributed by atoms with Gasteiger partial charge in [0.05, 0.1) is 18.4 Å². The Bertz CT molecular complexity index is 820. The Hall–Kier alpha value is -3.41. The van der Waals surface area contributed by atoms with Crippen molar-refractivity contribution < 1.29 is 9.53 Å². The van der Waals surface area contributed by atoms with Gasteiger partial charge in [0.15, 0.2) is 0 Å². The fourth-order valence-corrected chi connectivity index (χ4v) is 2.10. The van der Waals surface area contributed by atoms with Gasteiger partial charge >= 0.3 is 0 Å². The maximum Gasteiger partial charge on any atom is 0.258 e. The summed E-state index contributed by atoms with van der Waals surface area (Å²) in [6, 6.07) is 16.8. The van der Waals surface area contributed by atoms with Gasteiger partial charge in [-0.15, -0.1) is 0 Å². The quantitative estimate of drug-likeness (QED) is 0.752. The molecule has 1 aromatic heterocycles. The summed E-state index contributed by atoms with van der Waals surface area (Å²) < 4.78 is 5.21. The van der Waals surface area contributed by atoms with Crippen LogP contribution in [0.25, 0.3) is 0 Å². The maximum atomic E-state index is 12.3. The molecule has 2 N–H and O–H groups in total. The highest BCUT2D eigenvalue weighted by Gasteiger charge is 2.10. The Balaban J connectivity index is 1.70. The first-order valence-electron chi connectivity index (χ1n) is 7.35. The monoisotopic (exact) mass is 320 g/mol. The molecule has 2 aromatic carbocycles. The van der Waals surface area contributed by atoms with E-state index in [1.165, 1.54) is 12.4 Å². The summed E-state index contributed by atoms with van der Waals surface area (Å²) in [4.78, 5) is 20.6. The van der Waals surface area contributed by atoms with Gasteiger partial charge in [-0.1, -0.05) is 30.3 Å². The zero-order chi connectivity index (χ0) is 16.8. The molecule has 0 atom stereocenters. The van der Waals surface area contributed by atoms with Crippen LogP contribution in [0.1, 0.15) is 10.4 Å². The van der Waals surface area contributed by atoms with Crippen LogP contribution in [0.3, 0.4) is 0 Å². The van der Waals surface area contributed by atoms with Gasteiger partial charge in [-0.05, 0) is 24.3 Å². The molecule has 0 radical (unpaired) electrons. The predicted molar refractivity (Wildman–Crippen MR) is 92.7 cm³/mol. The number of methoxy groups -OCH3 is 1. The van der Waals surface area contributed by atoms with Crippen LogP contribution in [-0.4, -0.2) is 23.0 Å². The van der Waals surface area contributed by atoms with Gasteiger partial charge in [-0.2, -0.15) is 0 Å². The molecule has 120 valence electrons. The number of para-hydroxylation sites is 3. The molecule has 0 saturated heterocycles. The van der Waals surface area contributed by atoms with E-state index >= 15 is 0 Å². The Labute approximate surface area is 139 Å². The highest BCUT2D eigenvalue weighted by atomic mass is 16.5. The van der Waals surface area contributed by atoms with Crippen LogP contribution in [-0.2, 0) is 0 Å². The minimum absolute atomic E-state index is 0.300. The molecule has 0 unspecified atom stereocenters. The average molecular weight is 320 g/mol. The van der Waals surface area contributed by atoms with Crippen molar-refractivity contribution in [3.05, 3.63) is 72.6 Å². The minimum atomic E-state index is -0.300. The molecule has 1 heterocycles. The van der Waals surface area contributed by atoms with E-state index in [0.29, 0.717) is 22.9 Å². The van der Waals surface area contributed by atoms with Crippen molar-refractivity contribution in [3.8, 4) is 5.75 Å². The number of ether oxygens (including phenoxy) is 1. The molecule has 0 fully saturated rings. The van der Waals surface area contributed by atoms with Gasteiger partial charge < -0.3 is 15.4 Å². The summed E-state index contributed by atoms with van der Waals surface area (Å²) in [7, 11) is 1.55. The van der Waals surface area contributed by atoms with Crippen LogP contribution < -0.4 is 15.4 Å². The van der Waals surface area contributed by atoms with Gasteiger partial charge in [-0.25, -0.2) is 9.97 Å². The third-order valence-electron chi connectivity index (χ3n) is 3.30. The van der Waals surface area contributed by atoms with Gasteiger partial charge in [0.25, 0.3) is 5.91 Å². The normalized spacial score (nSPS) is 10.0. The number of carbonyl (C=O) groups is 1. The fraction of sp³-hybridized carbons (Fsp3) is 0.0556. The molecule has 24 heavy (non-hydrogen) atoms. The Kier molecular flexibility index (Phi) is 4.67. The Morgan fingerprint density at radius 3 is 2.33 bits per heavy atom. The van der Waals surface area contributed by atoms with E-state index in [2.05, 4.69) is 20.6 Å². The summed E-state index contributed by atoms with van der Waals surface area (Å²) in [5, 5.41) is 5.85. The van der Waals surface area contributed by atoms with Crippen molar-refractivity contribution in [2.75, 3.05) is 17.7 Å². The van der Waals surface area contributed by atoms with Crippen molar-refractivity contribution >= 4 is 23.2 Å². The van der Waals surface area contributed by atoms with E-state index in [-0.39, 0.29) is 5.91 Å². The molecule has 3 rings (SSSR count). The topological polar surface area (TPSA) is 76.1 Å². The van der Waals surface area contributed by atoms with E-state index < -0.39 is 0 Å². The summed E-state index contributed by atoms with van der Waals surface area (Å²) in [5.74, 6) is 0.718. The summed E-state index contributed by atoms with van der Waals surface area (Å²) in [6.45, 7) is 0. The van der Waals surface area contributed by atoms with Crippen LogP contribution in [0.2, 0.25) is 0 Å². The second-order valence-electron chi connectivity index (χ2n) is 4.94. The Morgan fingerprint density at radius 1 is 0.958 bits per heavy atom. The SMILES string of the molecule is COc1ccccc1NC(=O)c1cnc(Nc2ccccc2)nc1. The van der Waals surface area contributed by atoms with Crippen molar-refractivity contribution in [3.63, 3.8) is 0 Å². The van der Waals surface area contributed by atoms with Gasteiger partial charge in [0.1, 0.15) is 5.75 Å². The largest absolute Gasteiger partial charge is 0.495 e. The number of aromatic nitrogens is 2. The highest BCUT2D eigenvalue weighted by Crippen LogP contribution is 2.23. The standard InChI is InChI=1S/C18H16N4O2/c1-24-16-10-6-5-9-15(16)22-17(23)13-11-19-18(20-12-13)21-14-7-3-2-4-8-14/h2-12H,1H3,(H,22,23)(H,19,20,21). The first-order valence-corrected chi connectivity index (χ1v) is 7.35. The lowest BCUT2D eigenvalue weighted by Crippen LogP contribution is -2.13. The third kappa shape index (κ3) is 3.67. The third-order valence-corrected chi connectivity index (χ3v) is 3.30. The van der Waals surface area contributed by atoms with Gasteiger partial charge in [-0.3, -0.25) is 4.79 Å². The second kappa shape index (κ2) is 7.23. The molecule has 0 saturated carbocycles. The van der Waals surface area contributed by atoms with Crippen molar-refractivity contribution in [2.24, 2.45) is 0 Å². The molecular formula is C18H16N4O2. The molecule has 6 heteroatoms. The van der Waals surface area contributed by atoms with Gasteiger partial charge in [0, 0.05) is 18.1 Å². The number of anilines is 3. The summed E-state index contributed by atoms with van der Waals surface area (Å²) >= 11 is 0. The zero-order valence-electron chi connectivity index (χ0n) is 13.1. The Morgan fingerprint density at radius 2 is 1.62 bits per heavy atom. The summed E-state index contributed by atoms with van der Waals surface area (Å²) in [5.41, 5.74) is 1.83. The first-order chi connectivity index (χ1) is 11.8. The van der Waals surface area contributed by atoms with Crippen molar-refractivity contribution in [2.45, 2.75) is 0 Å². The maximum absolute atomic E-state index is 12.3. The van der Waals surface area contributed by atoms with Crippen LogP contribution in [0.4, 0.5) is 17.3 Å². The van der Waals surface area contributed by atoms with E-state index in [9.17, 15) is 4.79 Å². The number of hydrogen-bond acceptors (Lipinski definition) is 5. The van der Waals surface area contributed by atoms with E-state index in [1.807, 2.05) is 42.5 Å². The molecule has 0 aliphatic rings. The van der Waals surface area contributed by atoms with E-state index in [1.54, 1.807) is 19.2 Å². The van der Waals surface area contributed by atoms with Crippen LogP contribution in [0, 0.1) is 0 Å². The van der Waals surface area contributed by atoms with E-state index in [4.69, 9.17) is 4.74 Å². The number of carbonyl (C=O) groups excluding carboxylic acids is 1. The molecule has 0 aliphatic carbocycles. The number of rotatable bonds is 5. The molecule has 0 aliphatic heterocycles. The number of nitrogens with zero attached hydrogens (tertiary/aromatic N) is 2. The molecule has 0 bridgehead atoms. The number of nitrogens with one attached hydrogen (secondary N) is 2. The van der Waals surface area contributed by atoms with Crippen LogP contribution >= 0.6 is 0 Å². The fourth-order valence-electron chi connectivity index (χ4n) is 2.10. The first kappa shape index (κ1) is 15.5. The number of hydrogen-bond donors (Lipinski definition) is 2. The zero-order valence-corrected chi connectivity index (χ0v) is 13.1. The number of amides is 1. The smallest absolute Gasteiger partial charge is 0.258 e. The lowest BCUT2D eigenvalue weighted by Gasteiger charge is -2.10. The lowest BCUT2D eigenvalue weighted by atomic mass is 10.2. The van der Waals surface area contributed by atoms with Gasteiger partial charge in [0.2, 0.25) is 5.95 Å². The predicted octanol–water partition coefficient (Wildman–Crippen LogP) is 3.48. The molecule has 1 amide bonds. The molecule has 0 spiro atoms. The lowest BCUT2D eigenvalue weighted by molar-refractivity contribution is 0.102. The molecule has 6 nitrogen and oxygen atoms in total.